The van der Waals surface area contributed by atoms with E-state index >= 15 is 0 Å². The Morgan fingerprint density at radius 1 is 1.25 bits per heavy atom. The van der Waals surface area contributed by atoms with Crippen LogP contribution < -0.4 is 0 Å². The fourth-order valence-electron chi connectivity index (χ4n) is 4.15. The van der Waals surface area contributed by atoms with Crippen molar-refractivity contribution in [3.8, 4) is 0 Å². The van der Waals surface area contributed by atoms with Gasteiger partial charge in [-0.2, -0.15) is 0 Å². The first-order valence-electron chi connectivity index (χ1n) is 9.21. The van der Waals surface area contributed by atoms with E-state index in [4.69, 9.17) is 4.74 Å². The number of hydrogen-bond acceptors (Lipinski definition) is 4. The molecule has 3 aliphatic rings. The second-order valence-corrected chi connectivity index (χ2v) is 7.65. The van der Waals surface area contributed by atoms with E-state index < -0.39 is 0 Å². The second-order valence-electron chi connectivity index (χ2n) is 7.65. The minimum atomic E-state index is -0.141. The smallest absolute Gasteiger partial charge is 0.248 e. The summed E-state index contributed by atoms with van der Waals surface area (Å²) in [5, 5.41) is 0. The third-order valence-corrected chi connectivity index (χ3v) is 6.04. The summed E-state index contributed by atoms with van der Waals surface area (Å²) in [4.78, 5) is 21.0. The van der Waals surface area contributed by atoms with Gasteiger partial charge >= 0.3 is 0 Å². The first kappa shape index (κ1) is 16.0. The summed E-state index contributed by atoms with van der Waals surface area (Å²) in [6.07, 6.45) is 8.29. The number of carbonyl (C=O) groups is 1. The summed E-state index contributed by atoms with van der Waals surface area (Å²) in [5.41, 5.74) is 1.17. The molecule has 1 saturated carbocycles. The lowest BCUT2D eigenvalue weighted by molar-refractivity contribution is -0.187. The highest BCUT2D eigenvalue weighted by Gasteiger charge is 2.48. The number of pyridine rings is 1. The molecule has 0 radical (unpaired) electrons. The molecule has 0 unspecified atom stereocenters. The van der Waals surface area contributed by atoms with Crippen molar-refractivity contribution >= 4 is 5.91 Å². The van der Waals surface area contributed by atoms with Crippen LogP contribution in [-0.4, -0.2) is 58.6 Å². The SMILES string of the molecule is C[C@@H]1N(CC2CC2)C(=O)COC12CCN(Cc1ccncc1)CC2. The predicted octanol–water partition coefficient (Wildman–Crippen LogP) is 2.07. The molecule has 1 aromatic heterocycles. The second kappa shape index (κ2) is 6.45. The van der Waals surface area contributed by atoms with Crippen molar-refractivity contribution < 1.29 is 9.53 Å². The molecule has 3 fully saturated rings. The van der Waals surface area contributed by atoms with Gasteiger partial charge in [-0.1, -0.05) is 0 Å². The van der Waals surface area contributed by atoms with Crippen LogP contribution >= 0.6 is 0 Å². The number of nitrogens with zero attached hydrogens (tertiary/aromatic N) is 3. The third kappa shape index (κ3) is 3.20. The monoisotopic (exact) mass is 329 g/mol. The molecule has 5 heteroatoms. The Hall–Kier alpha value is -1.46. The first-order chi connectivity index (χ1) is 11.7. The van der Waals surface area contributed by atoms with Crippen LogP contribution in [0.4, 0.5) is 0 Å². The van der Waals surface area contributed by atoms with E-state index in [0.29, 0.717) is 0 Å². The van der Waals surface area contributed by atoms with Gasteiger partial charge in [-0.3, -0.25) is 14.7 Å². The number of rotatable bonds is 4. The number of aromatic nitrogens is 1. The Bertz CT molecular complexity index is 580. The normalized spacial score (nSPS) is 27.6. The molecule has 2 saturated heterocycles. The Morgan fingerprint density at radius 3 is 2.62 bits per heavy atom. The molecule has 1 amide bonds. The minimum absolute atomic E-state index is 0.141. The Morgan fingerprint density at radius 2 is 1.96 bits per heavy atom. The summed E-state index contributed by atoms with van der Waals surface area (Å²) >= 11 is 0. The molecular formula is C19H27N3O2. The van der Waals surface area contributed by atoms with Gasteiger partial charge in [-0.25, -0.2) is 0 Å². The summed E-state index contributed by atoms with van der Waals surface area (Å²) in [5.74, 6) is 0.914. The van der Waals surface area contributed by atoms with Gasteiger partial charge < -0.3 is 9.64 Å². The Kier molecular flexibility index (Phi) is 4.31. The molecule has 5 nitrogen and oxygen atoms in total. The maximum absolute atomic E-state index is 12.3. The summed E-state index contributed by atoms with van der Waals surface area (Å²) in [6.45, 7) is 6.42. The zero-order chi connectivity index (χ0) is 16.6. The molecule has 2 aliphatic heterocycles. The topological polar surface area (TPSA) is 45.7 Å². The lowest BCUT2D eigenvalue weighted by atomic mass is 9.82. The van der Waals surface area contributed by atoms with Crippen LogP contribution in [0.15, 0.2) is 24.5 Å². The first-order valence-corrected chi connectivity index (χ1v) is 9.21. The van der Waals surface area contributed by atoms with Crippen LogP contribution in [0.3, 0.4) is 0 Å². The number of likely N-dealkylation sites (tertiary alicyclic amines) is 1. The van der Waals surface area contributed by atoms with E-state index in [1.54, 1.807) is 0 Å². The van der Waals surface area contributed by atoms with Gasteiger partial charge in [0.15, 0.2) is 0 Å². The molecule has 24 heavy (non-hydrogen) atoms. The molecule has 0 N–H and O–H groups in total. The number of carbonyl (C=O) groups excluding carboxylic acids is 1. The van der Waals surface area contributed by atoms with Crippen molar-refractivity contribution in [2.45, 2.75) is 50.8 Å². The highest BCUT2D eigenvalue weighted by molar-refractivity contribution is 5.78. The van der Waals surface area contributed by atoms with Crippen molar-refractivity contribution in [1.29, 1.82) is 0 Å². The van der Waals surface area contributed by atoms with E-state index in [9.17, 15) is 4.79 Å². The molecular weight excluding hydrogens is 302 g/mol. The number of ether oxygens (including phenoxy) is 1. The van der Waals surface area contributed by atoms with Crippen LogP contribution in [0.5, 0.6) is 0 Å². The maximum atomic E-state index is 12.3. The average Bonchev–Trinajstić information content (AvgIpc) is 3.42. The van der Waals surface area contributed by atoms with Gasteiger partial charge in [0, 0.05) is 38.6 Å². The largest absolute Gasteiger partial charge is 0.363 e. The van der Waals surface area contributed by atoms with Crippen molar-refractivity contribution in [3.05, 3.63) is 30.1 Å². The van der Waals surface area contributed by atoms with Crippen LogP contribution in [-0.2, 0) is 16.1 Å². The van der Waals surface area contributed by atoms with Gasteiger partial charge in [0.1, 0.15) is 6.61 Å². The summed E-state index contributed by atoms with van der Waals surface area (Å²) in [6, 6.07) is 4.36. The van der Waals surface area contributed by atoms with E-state index in [1.165, 1.54) is 18.4 Å². The number of amides is 1. The van der Waals surface area contributed by atoms with Gasteiger partial charge in [-0.15, -0.1) is 0 Å². The third-order valence-electron chi connectivity index (χ3n) is 6.04. The molecule has 1 aliphatic carbocycles. The predicted molar refractivity (Wildman–Crippen MR) is 91.3 cm³/mol. The zero-order valence-corrected chi connectivity index (χ0v) is 14.5. The molecule has 0 bridgehead atoms. The van der Waals surface area contributed by atoms with Gasteiger partial charge in [0.05, 0.1) is 11.6 Å². The lowest BCUT2D eigenvalue weighted by Crippen LogP contribution is -2.64. The lowest BCUT2D eigenvalue weighted by Gasteiger charge is -2.51. The fourth-order valence-corrected chi connectivity index (χ4v) is 4.15. The van der Waals surface area contributed by atoms with Crippen LogP contribution in [0.2, 0.25) is 0 Å². The zero-order valence-electron chi connectivity index (χ0n) is 14.5. The van der Waals surface area contributed by atoms with Crippen molar-refractivity contribution in [1.82, 2.24) is 14.8 Å². The quantitative estimate of drug-likeness (QED) is 0.848. The molecule has 1 spiro atoms. The number of piperidine rings is 1. The highest BCUT2D eigenvalue weighted by atomic mass is 16.5. The van der Waals surface area contributed by atoms with E-state index in [0.717, 1.165) is 44.9 Å². The molecule has 1 aromatic rings. The molecule has 1 atom stereocenters. The van der Waals surface area contributed by atoms with Crippen molar-refractivity contribution in [3.63, 3.8) is 0 Å². The number of morpholine rings is 1. The van der Waals surface area contributed by atoms with Crippen molar-refractivity contribution in [2.24, 2.45) is 5.92 Å². The van der Waals surface area contributed by atoms with Crippen LogP contribution in [0.25, 0.3) is 0 Å². The van der Waals surface area contributed by atoms with Crippen LogP contribution in [0.1, 0.15) is 38.2 Å². The Balaban J connectivity index is 1.38. The van der Waals surface area contributed by atoms with E-state index in [1.807, 2.05) is 12.4 Å². The number of hydrogen-bond donors (Lipinski definition) is 0. The van der Waals surface area contributed by atoms with Gasteiger partial charge in [-0.05, 0) is 56.2 Å². The molecule has 3 heterocycles. The van der Waals surface area contributed by atoms with Crippen molar-refractivity contribution in [2.75, 3.05) is 26.2 Å². The standard InChI is InChI=1S/C19H27N3O2/c1-15-19(24-14-18(23)22(15)13-16-2-3-16)6-10-21(11-7-19)12-17-4-8-20-9-5-17/h4-5,8-9,15-16H,2-3,6-7,10-14H2,1H3/t15-/m0/s1. The average molecular weight is 329 g/mol. The summed E-state index contributed by atoms with van der Waals surface area (Å²) in [7, 11) is 0. The molecule has 0 aromatic carbocycles. The van der Waals surface area contributed by atoms with Gasteiger partial charge in [0.25, 0.3) is 0 Å². The highest BCUT2D eigenvalue weighted by Crippen LogP contribution is 2.38. The Labute approximate surface area is 144 Å². The fraction of sp³-hybridized carbons (Fsp3) is 0.684. The maximum Gasteiger partial charge on any atom is 0.248 e. The summed E-state index contributed by atoms with van der Waals surface area (Å²) < 4.78 is 6.13. The molecule has 130 valence electrons. The minimum Gasteiger partial charge on any atom is -0.363 e. The van der Waals surface area contributed by atoms with Gasteiger partial charge in [0.2, 0.25) is 5.91 Å². The molecule has 4 rings (SSSR count). The van der Waals surface area contributed by atoms with E-state index in [-0.39, 0.29) is 24.2 Å². The van der Waals surface area contributed by atoms with E-state index in [2.05, 4.69) is 33.8 Å². The van der Waals surface area contributed by atoms with Crippen LogP contribution in [0, 0.1) is 5.92 Å².